The third-order valence-corrected chi connectivity index (χ3v) is 7.32. The van der Waals surface area contributed by atoms with Crippen LogP contribution >= 0.6 is 12.4 Å². The van der Waals surface area contributed by atoms with Crippen molar-refractivity contribution >= 4 is 40.5 Å². The highest BCUT2D eigenvalue weighted by atomic mass is 35.5. The van der Waals surface area contributed by atoms with Crippen molar-refractivity contribution in [3.05, 3.63) is 96.6 Å². The molecule has 0 saturated heterocycles. The zero-order valence-electron chi connectivity index (χ0n) is 21.5. The van der Waals surface area contributed by atoms with E-state index in [1.54, 1.807) is 0 Å². The van der Waals surface area contributed by atoms with E-state index in [-0.39, 0.29) is 36.4 Å². The number of halogens is 1. The highest BCUT2D eigenvalue weighted by Crippen LogP contribution is 2.39. The number of nitrogens with zero attached hydrogens (tertiary/aromatic N) is 1. The summed E-state index contributed by atoms with van der Waals surface area (Å²) in [7, 11) is 0. The van der Waals surface area contributed by atoms with Crippen molar-refractivity contribution in [2.24, 2.45) is 5.92 Å². The number of hydrogen-bond donors (Lipinski definition) is 1. The molecule has 6 heteroatoms. The SMILES string of the molecule is C[C@@H](NCCC1CN(c2ccc(OC(=O)C3CC3)cc2)c2ccccc2O1)c1cccc2ccccc12.Cl. The van der Waals surface area contributed by atoms with Crippen LogP contribution in [0.25, 0.3) is 10.8 Å². The van der Waals surface area contributed by atoms with Crippen molar-refractivity contribution in [1.82, 2.24) is 5.32 Å². The van der Waals surface area contributed by atoms with Crippen molar-refractivity contribution < 1.29 is 14.3 Å². The number of esters is 1. The first-order valence-electron chi connectivity index (χ1n) is 13.2. The van der Waals surface area contributed by atoms with Crippen LogP contribution in [0.5, 0.6) is 11.5 Å². The van der Waals surface area contributed by atoms with Crippen LogP contribution in [0.1, 0.15) is 37.8 Å². The molecule has 0 bridgehead atoms. The summed E-state index contributed by atoms with van der Waals surface area (Å²) in [4.78, 5) is 14.3. The summed E-state index contributed by atoms with van der Waals surface area (Å²) in [6.07, 6.45) is 2.82. The molecule has 2 aliphatic rings. The number of rotatable bonds is 8. The molecule has 1 heterocycles. The first kappa shape index (κ1) is 26.1. The second-order valence-corrected chi connectivity index (χ2v) is 10.0. The van der Waals surface area contributed by atoms with Crippen molar-refractivity contribution in [2.75, 3.05) is 18.0 Å². The maximum absolute atomic E-state index is 12.0. The molecule has 1 aliphatic heterocycles. The molecule has 196 valence electrons. The first-order valence-corrected chi connectivity index (χ1v) is 13.2. The number of para-hydroxylation sites is 2. The summed E-state index contributed by atoms with van der Waals surface area (Å²) >= 11 is 0. The van der Waals surface area contributed by atoms with Crippen LogP contribution in [-0.2, 0) is 4.79 Å². The topological polar surface area (TPSA) is 50.8 Å². The summed E-state index contributed by atoms with van der Waals surface area (Å²) in [5, 5.41) is 6.27. The molecule has 0 radical (unpaired) electrons. The molecule has 4 aromatic rings. The molecule has 1 fully saturated rings. The van der Waals surface area contributed by atoms with Gasteiger partial charge in [-0.3, -0.25) is 4.79 Å². The second-order valence-electron chi connectivity index (χ2n) is 10.0. The van der Waals surface area contributed by atoms with Gasteiger partial charge in [0, 0.05) is 11.7 Å². The van der Waals surface area contributed by atoms with E-state index in [2.05, 4.69) is 65.7 Å². The zero-order valence-corrected chi connectivity index (χ0v) is 22.3. The van der Waals surface area contributed by atoms with Gasteiger partial charge in [0.1, 0.15) is 17.6 Å². The Morgan fingerprint density at radius 2 is 1.71 bits per heavy atom. The van der Waals surface area contributed by atoms with Gasteiger partial charge in [-0.25, -0.2) is 0 Å². The lowest BCUT2D eigenvalue weighted by atomic mass is 9.99. The van der Waals surface area contributed by atoms with E-state index in [1.807, 2.05) is 42.5 Å². The molecule has 2 atom stereocenters. The van der Waals surface area contributed by atoms with Crippen molar-refractivity contribution in [3.63, 3.8) is 0 Å². The summed E-state index contributed by atoms with van der Waals surface area (Å²) < 4.78 is 11.9. The van der Waals surface area contributed by atoms with E-state index in [1.165, 1.54) is 16.3 Å². The maximum Gasteiger partial charge on any atom is 0.314 e. The summed E-state index contributed by atoms with van der Waals surface area (Å²) in [6.45, 7) is 3.83. The van der Waals surface area contributed by atoms with Crippen LogP contribution in [-0.4, -0.2) is 25.2 Å². The minimum Gasteiger partial charge on any atom is -0.486 e. The average Bonchev–Trinajstić information content (AvgIpc) is 3.79. The van der Waals surface area contributed by atoms with Crippen LogP contribution in [0.3, 0.4) is 0 Å². The molecule has 0 spiro atoms. The molecule has 1 unspecified atom stereocenters. The fourth-order valence-electron chi connectivity index (χ4n) is 5.10. The smallest absolute Gasteiger partial charge is 0.314 e. The van der Waals surface area contributed by atoms with Gasteiger partial charge in [-0.1, -0.05) is 54.6 Å². The Hall–Kier alpha value is -3.54. The van der Waals surface area contributed by atoms with Gasteiger partial charge in [0.2, 0.25) is 0 Å². The van der Waals surface area contributed by atoms with E-state index in [0.29, 0.717) is 5.75 Å². The molecule has 1 saturated carbocycles. The monoisotopic (exact) mass is 528 g/mol. The molecule has 6 rings (SSSR count). The summed E-state index contributed by atoms with van der Waals surface area (Å²) in [5.74, 6) is 1.47. The van der Waals surface area contributed by atoms with Crippen molar-refractivity contribution in [3.8, 4) is 11.5 Å². The molecule has 0 amide bonds. The molecule has 38 heavy (non-hydrogen) atoms. The molecule has 4 aromatic carbocycles. The number of anilines is 2. The van der Waals surface area contributed by atoms with Crippen molar-refractivity contribution in [1.29, 1.82) is 0 Å². The van der Waals surface area contributed by atoms with E-state index >= 15 is 0 Å². The average molecular weight is 529 g/mol. The van der Waals surface area contributed by atoms with E-state index < -0.39 is 0 Å². The Balaban J connectivity index is 0.00000294. The van der Waals surface area contributed by atoms with E-state index in [4.69, 9.17) is 9.47 Å². The van der Waals surface area contributed by atoms with E-state index in [0.717, 1.165) is 49.5 Å². The lowest BCUT2D eigenvalue weighted by molar-refractivity contribution is -0.135. The first-order chi connectivity index (χ1) is 18.2. The quantitative estimate of drug-likeness (QED) is 0.193. The lowest BCUT2D eigenvalue weighted by Crippen LogP contribution is -2.39. The summed E-state index contributed by atoms with van der Waals surface area (Å²) in [5.41, 5.74) is 3.43. The van der Waals surface area contributed by atoms with Crippen LogP contribution in [0.2, 0.25) is 0 Å². The van der Waals surface area contributed by atoms with Crippen molar-refractivity contribution in [2.45, 2.75) is 38.3 Å². The molecular formula is C32H33ClN2O3. The van der Waals surface area contributed by atoms with Crippen LogP contribution in [0.4, 0.5) is 11.4 Å². The predicted molar refractivity (Wildman–Crippen MR) is 155 cm³/mol. The van der Waals surface area contributed by atoms with Gasteiger partial charge in [-0.05, 0) is 85.5 Å². The minimum atomic E-state index is -0.116. The fraction of sp³-hybridized carbons (Fsp3) is 0.281. The minimum absolute atomic E-state index is 0. The number of carbonyl (C=O) groups excluding carboxylic acids is 1. The molecule has 5 nitrogen and oxygen atoms in total. The predicted octanol–water partition coefficient (Wildman–Crippen LogP) is 7.22. The number of nitrogens with one attached hydrogen (secondary N) is 1. The van der Waals surface area contributed by atoms with Gasteiger partial charge in [-0.15, -0.1) is 12.4 Å². The number of hydrogen-bond acceptors (Lipinski definition) is 5. The number of carbonyl (C=O) groups is 1. The van der Waals surface area contributed by atoms with E-state index in [9.17, 15) is 4.79 Å². The van der Waals surface area contributed by atoms with Crippen LogP contribution in [0, 0.1) is 5.92 Å². The van der Waals surface area contributed by atoms with Crippen LogP contribution in [0.15, 0.2) is 91.0 Å². The van der Waals surface area contributed by atoms with Gasteiger partial charge in [0.05, 0.1) is 18.2 Å². The fourth-order valence-corrected chi connectivity index (χ4v) is 5.10. The number of benzene rings is 4. The molecule has 0 aromatic heterocycles. The molecule has 1 N–H and O–H groups in total. The lowest BCUT2D eigenvalue weighted by Gasteiger charge is -2.36. The molecule has 1 aliphatic carbocycles. The Bertz CT molecular complexity index is 1400. The third kappa shape index (κ3) is 5.64. The second kappa shape index (κ2) is 11.5. The molecular weight excluding hydrogens is 496 g/mol. The van der Waals surface area contributed by atoms with Gasteiger partial charge >= 0.3 is 5.97 Å². The third-order valence-electron chi connectivity index (χ3n) is 7.32. The largest absolute Gasteiger partial charge is 0.486 e. The normalized spacial score (nSPS) is 17.2. The Labute approximate surface area is 230 Å². The van der Waals surface area contributed by atoms with Gasteiger partial charge in [0.15, 0.2) is 0 Å². The van der Waals surface area contributed by atoms with Crippen LogP contribution < -0.4 is 19.7 Å². The van der Waals surface area contributed by atoms with Gasteiger partial charge in [0.25, 0.3) is 0 Å². The van der Waals surface area contributed by atoms with Gasteiger partial charge in [-0.2, -0.15) is 0 Å². The van der Waals surface area contributed by atoms with Gasteiger partial charge < -0.3 is 19.7 Å². The zero-order chi connectivity index (χ0) is 25.2. The highest BCUT2D eigenvalue weighted by molar-refractivity contribution is 5.86. The maximum atomic E-state index is 12.0. The highest BCUT2D eigenvalue weighted by Gasteiger charge is 2.32. The number of fused-ring (bicyclic) bond motifs is 2. The summed E-state index contributed by atoms with van der Waals surface area (Å²) in [6, 6.07) is 31.3. The Morgan fingerprint density at radius 3 is 2.53 bits per heavy atom. The number of ether oxygens (including phenoxy) is 2. The Kier molecular flexibility index (Phi) is 7.87. The Morgan fingerprint density at radius 1 is 0.974 bits per heavy atom. The standard InChI is InChI=1S/C32H32N2O3.ClH/c1-22(28-10-6-8-23-7-2-3-9-29(23)28)33-20-19-27-21-34(30-11-4-5-12-31(30)36-27)25-15-17-26(18-16-25)37-32(35)24-13-14-24;/h2-12,15-18,22,24,27,33H,13-14,19-21H2,1H3;1H/t22-,27?;/m1./s1.